The Kier molecular flexibility index (Phi) is 4.70. The quantitative estimate of drug-likeness (QED) is 0.750. The maximum atomic E-state index is 12.5. The summed E-state index contributed by atoms with van der Waals surface area (Å²) in [5, 5.41) is 11.4. The molecule has 25 heavy (non-hydrogen) atoms. The van der Waals surface area contributed by atoms with Crippen molar-refractivity contribution in [3.05, 3.63) is 59.5 Å². The summed E-state index contributed by atoms with van der Waals surface area (Å²) in [4.78, 5) is 16.9. The molecule has 2 N–H and O–H groups in total. The lowest BCUT2D eigenvalue weighted by molar-refractivity contribution is -0.122. The highest BCUT2D eigenvalue weighted by Gasteiger charge is 2.16. The van der Waals surface area contributed by atoms with Gasteiger partial charge in [-0.1, -0.05) is 18.2 Å². The van der Waals surface area contributed by atoms with Gasteiger partial charge in [-0.15, -0.1) is 0 Å². The van der Waals surface area contributed by atoms with Crippen LogP contribution in [0.5, 0.6) is 0 Å². The molecule has 0 spiro atoms. The van der Waals surface area contributed by atoms with Crippen molar-refractivity contribution >= 4 is 16.9 Å². The number of benzene rings is 1. The molecular formula is C19H23N5O. The SMILES string of the molecule is CCn1c(=N)n(CC(=O)N[C@@H](C)c2ncccc2C)c2ccccc21. The van der Waals surface area contributed by atoms with Crippen LogP contribution in [-0.2, 0) is 17.9 Å². The van der Waals surface area contributed by atoms with Gasteiger partial charge in [-0.3, -0.25) is 15.2 Å². The number of aromatic nitrogens is 3. The number of aryl methyl sites for hydroxylation is 2. The van der Waals surface area contributed by atoms with Crippen LogP contribution in [0.1, 0.15) is 31.1 Å². The molecule has 3 rings (SSSR count). The first-order valence-electron chi connectivity index (χ1n) is 8.46. The van der Waals surface area contributed by atoms with Gasteiger partial charge < -0.3 is 14.5 Å². The Morgan fingerprint density at radius 1 is 1.20 bits per heavy atom. The van der Waals surface area contributed by atoms with E-state index < -0.39 is 0 Å². The molecule has 6 nitrogen and oxygen atoms in total. The fraction of sp³-hybridized carbons (Fsp3) is 0.316. The molecule has 3 aromatic rings. The molecule has 6 heteroatoms. The number of carbonyl (C=O) groups excluding carboxylic acids is 1. The Morgan fingerprint density at radius 3 is 2.52 bits per heavy atom. The van der Waals surface area contributed by atoms with E-state index >= 15 is 0 Å². The van der Waals surface area contributed by atoms with Crippen LogP contribution < -0.4 is 10.9 Å². The van der Waals surface area contributed by atoms with Crippen molar-refractivity contribution in [2.75, 3.05) is 0 Å². The van der Waals surface area contributed by atoms with Crippen LogP contribution in [0.15, 0.2) is 42.6 Å². The molecule has 2 aromatic heterocycles. The zero-order valence-electron chi connectivity index (χ0n) is 14.8. The topological polar surface area (TPSA) is 75.7 Å². The molecule has 1 amide bonds. The minimum atomic E-state index is -0.178. The van der Waals surface area contributed by atoms with E-state index in [1.54, 1.807) is 10.8 Å². The number of imidazole rings is 1. The first kappa shape index (κ1) is 17.0. The molecule has 0 bridgehead atoms. The predicted molar refractivity (Wildman–Crippen MR) is 97.0 cm³/mol. The van der Waals surface area contributed by atoms with E-state index in [0.29, 0.717) is 12.2 Å². The Labute approximate surface area is 146 Å². The average molecular weight is 337 g/mol. The van der Waals surface area contributed by atoms with E-state index in [1.165, 1.54) is 0 Å². The molecule has 0 radical (unpaired) electrons. The molecule has 0 aliphatic heterocycles. The van der Waals surface area contributed by atoms with Crippen molar-refractivity contribution in [2.24, 2.45) is 0 Å². The van der Waals surface area contributed by atoms with E-state index in [-0.39, 0.29) is 18.5 Å². The van der Waals surface area contributed by atoms with Crippen molar-refractivity contribution in [2.45, 2.75) is 39.9 Å². The van der Waals surface area contributed by atoms with Gasteiger partial charge in [0.05, 0.1) is 22.8 Å². The highest BCUT2D eigenvalue weighted by atomic mass is 16.2. The van der Waals surface area contributed by atoms with Gasteiger partial charge in [0, 0.05) is 12.7 Å². The van der Waals surface area contributed by atoms with Gasteiger partial charge in [0.1, 0.15) is 6.54 Å². The Hall–Kier alpha value is -2.89. The van der Waals surface area contributed by atoms with Crippen LogP contribution in [0.3, 0.4) is 0 Å². The van der Waals surface area contributed by atoms with Gasteiger partial charge in [-0.05, 0) is 44.5 Å². The van der Waals surface area contributed by atoms with Gasteiger partial charge in [0.15, 0.2) is 0 Å². The van der Waals surface area contributed by atoms with Crippen molar-refractivity contribution in [1.29, 1.82) is 5.41 Å². The number of fused-ring (bicyclic) bond motifs is 1. The van der Waals surface area contributed by atoms with Crippen LogP contribution in [0, 0.1) is 12.3 Å². The summed E-state index contributed by atoms with van der Waals surface area (Å²) in [7, 11) is 0. The highest BCUT2D eigenvalue weighted by molar-refractivity contribution is 5.81. The summed E-state index contributed by atoms with van der Waals surface area (Å²) in [6.45, 7) is 6.71. The third-order valence-electron chi connectivity index (χ3n) is 4.43. The largest absolute Gasteiger partial charge is 0.346 e. The zero-order chi connectivity index (χ0) is 18.0. The molecule has 2 heterocycles. The van der Waals surface area contributed by atoms with Crippen molar-refractivity contribution in [3.63, 3.8) is 0 Å². The monoisotopic (exact) mass is 337 g/mol. The molecule has 0 unspecified atom stereocenters. The number of nitrogens with one attached hydrogen (secondary N) is 2. The Bertz CT molecular complexity index is 969. The van der Waals surface area contributed by atoms with Gasteiger partial charge in [-0.2, -0.15) is 0 Å². The van der Waals surface area contributed by atoms with Crippen LogP contribution in [0.2, 0.25) is 0 Å². The highest BCUT2D eigenvalue weighted by Crippen LogP contribution is 2.15. The summed E-state index contributed by atoms with van der Waals surface area (Å²) in [5.74, 6) is -0.130. The second-order valence-corrected chi connectivity index (χ2v) is 6.14. The van der Waals surface area contributed by atoms with E-state index in [4.69, 9.17) is 5.41 Å². The van der Waals surface area contributed by atoms with E-state index in [9.17, 15) is 4.79 Å². The fourth-order valence-corrected chi connectivity index (χ4v) is 3.23. The molecule has 1 atom stereocenters. The van der Waals surface area contributed by atoms with E-state index in [2.05, 4.69) is 10.3 Å². The lowest BCUT2D eigenvalue weighted by atomic mass is 10.1. The van der Waals surface area contributed by atoms with Crippen LogP contribution >= 0.6 is 0 Å². The number of nitrogens with zero attached hydrogens (tertiary/aromatic N) is 3. The second kappa shape index (κ2) is 6.93. The Balaban J connectivity index is 1.85. The number of rotatable bonds is 5. The lowest BCUT2D eigenvalue weighted by Gasteiger charge is -2.15. The summed E-state index contributed by atoms with van der Waals surface area (Å²) < 4.78 is 3.64. The fourth-order valence-electron chi connectivity index (χ4n) is 3.23. The third-order valence-corrected chi connectivity index (χ3v) is 4.43. The van der Waals surface area contributed by atoms with Crippen LogP contribution in [-0.4, -0.2) is 20.0 Å². The first-order chi connectivity index (χ1) is 12.0. The standard InChI is InChI=1S/C19H23N5O/c1-4-23-15-9-5-6-10-16(15)24(19(23)20)12-17(25)22-14(3)18-13(2)8-7-11-21-18/h5-11,14,20H,4,12H2,1-3H3,(H,22,25)/t14-/m0/s1. The zero-order valence-corrected chi connectivity index (χ0v) is 14.8. The third kappa shape index (κ3) is 3.20. The summed E-state index contributed by atoms with van der Waals surface area (Å²) in [5.41, 5.74) is 4.11. The molecule has 0 saturated carbocycles. The number of carbonyl (C=O) groups is 1. The number of hydrogen-bond acceptors (Lipinski definition) is 3. The van der Waals surface area contributed by atoms with Crippen LogP contribution in [0.25, 0.3) is 11.0 Å². The minimum absolute atomic E-state index is 0.114. The maximum Gasteiger partial charge on any atom is 0.240 e. The van der Waals surface area contributed by atoms with Crippen molar-refractivity contribution < 1.29 is 4.79 Å². The van der Waals surface area contributed by atoms with Crippen molar-refractivity contribution in [3.8, 4) is 0 Å². The van der Waals surface area contributed by atoms with Gasteiger partial charge in [0.25, 0.3) is 0 Å². The van der Waals surface area contributed by atoms with Crippen LogP contribution in [0.4, 0.5) is 0 Å². The summed E-state index contributed by atoms with van der Waals surface area (Å²) in [6.07, 6.45) is 1.73. The number of hydrogen-bond donors (Lipinski definition) is 2. The van der Waals surface area contributed by atoms with E-state index in [0.717, 1.165) is 22.3 Å². The first-order valence-corrected chi connectivity index (χ1v) is 8.46. The maximum absolute atomic E-state index is 12.5. The molecule has 0 fully saturated rings. The number of para-hydroxylation sites is 2. The molecule has 130 valence electrons. The molecule has 0 aliphatic carbocycles. The van der Waals surface area contributed by atoms with Crippen molar-refractivity contribution in [1.82, 2.24) is 19.4 Å². The average Bonchev–Trinajstić information content (AvgIpc) is 2.86. The minimum Gasteiger partial charge on any atom is -0.346 e. The number of amides is 1. The Morgan fingerprint density at radius 2 is 1.88 bits per heavy atom. The molecular weight excluding hydrogens is 314 g/mol. The van der Waals surface area contributed by atoms with E-state index in [1.807, 2.05) is 61.7 Å². The molecule has 1 aromatic carbocycles. The van der Waals surface area contributed by atoms with Gasteiger partial charge >= 0.3 is 0 Å². The van der Waals surface area contributed by atoms with Gasteiger partial charge in [-0.25, -0.2) is 0 Å². The predicted octanol–water partition coefficient (Wildman–Crippen LogP) is 2.52. The summed E-state index contributed by atoms with van der Waals surface area (Å²) >= 11 is 0. The summed E-state index contributed by atoms with van der Waals surface area (Å²) in [6, 6.07) is 11.5. The normalized spacial score (nSPS) is 12.3. The number of pyridine rings is 1. The molecule has 0 aliphatic rings. The van der Waals surface area contributed by atoms with Gasteiger partial charge in [0.2, 0.25) is 11.5 Å². The smallest absolute Gasteiger partial charge is 0.240 e. The second-order valence-electron chi connectivity index (χ2n) is 6.14. The lowest BCUT2D eigenvalue weighted by Crippen LogP contribution is -2.34. The molecule has 0 saturated heterocycles.